The highest BCUT2D eigenvalue weighted by atomic mass is 16.2. The quantitative estimate of drug-likeness (QED) is 0.111. The highest BCUT2D eigenvalue weighted by molar-refractivity contribution is 5.97. The number of primary amides is 3. The van der Waals surface area contributed by atoms with Crippen LogP contribution in [0.2, 0.25) is 0 Å². The van der Waals surface area contributed by atoms with Gasteiger partial charge in [0.2, 0.25) is 41.4 Å². The molecule has 12 N–H and O–H groups in total. The molecule has 0 saturated heterocycles. The highest BCUT2D eigenvalue weighted by Gasteiger charge is 2.32. The Hall–Kier alpha value is -3.75. The van der Waals surface area contributed by atoms with E-state index in [-0.39, 0.29) is 12.8 Å². The van der Waals surface area contributed by atoms with E-state index in [1.54, 1.807) is 13.8 Å². The van der Waals surface area contributed by atoms with Gasteiger partial charge in [-0.3, -0.25) is 33.6 Å². The Kier molecular flexibility index (Phi) is 12.8. The molecule has 4 atom stereocenters. The monoisotopic (exact) mass is 486 g/mol. The second-order valence-corrected chi connectivity index (χ2v) is 8.00. The highest BCUT2D eigenvalue weighted by Crippen LogP contribution is 2.06. The number of carbonyl (C=O) groups excluding carboxylic acids is 7. The fourth-order valence-corrected chi connectivity index (χ4v) is 2.61. The van der Waals surface area contributed by atoms with Gasteiger partial charge in [0.05, 0.1) is 19.0 Å². The van der Waals surface area contributed by atoms with Gasteiger partial charge < -0.3 is 44.2 Å². The summed E-state index contributed by atoms with van der Waals surface area (Å²) in [5.74, 6) is -6.13. The first kappa shape index (κ1) is 30.2. The molecule has 0 aromatic heterocycles. The maximum absolute atomic E-state index is 12.9. The van der Waals surface area contributed by atoms with Crippen molar-refractivity contribution in [2.24, 2.45) is 28.9 Å². The maximum Gasteiger partial charge on any atom is 0.243 e. The van der Waals surface area contributed by atoms with Crippen molar-refractivity contribution in [3.63, 3.8) is 0 Å². The molecule has 0 aliphatic rings. The van der Waals surface area contributed by atoms with E-state index in [1.807, 2.05) is 0 Å². The van der Waals surface area contributed by atoms with E-state index in [0.717, 1.165) is 0 Å². The van der Waals surface area contributed by atoms with Gasteiger partial charge in [-0.2, -0.15) is 0 Å². The van der Waals surface area contributed by atoms with Gasteiger partial charge in [0, 0.05) is 6.42 Å². The van der Waals surface area contributed by atoms with Crippen molar-refractivity contribution >= 4 is 41.4 Å². The van der Waals surface area contributed by atoms with Gasteiger partial charge in [-0.05, 0) is 19.3 Å². The van der Waals surface area contributed by atoms with Crippen molar-refractivity contribution in [1.82, 2.24) is 21.3 Å². The largest absolute Gasteiger partial charge is 0.370 e. The van der Waals surface area contributed by atoms with E-state index in [0.29, 0.717) is 0 Å². The van der Waals surface area contributed by atoms with E-state index in [9.17, 15) is 33.6 Å². The molecular weight excluding hydrogens is 452 g/mol. The van der Waals surface area contributed by atoms with Gasteiger partial charge in [-0.15, -0.1) is 0 Å². The van der Waals surface area contributed by atoms with Crippen molar-refractivity contribution in [3.05, 3.63) is 0 Å². The third kappa shape index (κ3) is 11.8. The van der Waals surface area contributed by atoms with Gasteiger partial charge in [0.15, 0.2) is 0 Å². The van der Waals surface area contributed by atoms with Crippen LogP contribution in [0.1, 0.15) is 40.0 Å². The Morgan fingerprint density at radius 1 is 0.676 bits per heavy atom. The number of rotatable bonds is 15. The lowest BCUT2D eigenvalue weighted by Crippen LogP contribution is -2.59. The van der Waals surface area contributed by atoms with Crippen LogP contribution in [0, 0.1) is 5.92 Å². The minimum atomic E-state index is -1.44. The Balaban J connectivity index is 5.63. The first-order chi connectivity index (χ1) is 15.6. The molecule has 15 heteroatoms. The summed E-state index contributed by atoms with van der Waals surface area (Å²) in [6.45, 7) is 4.15. The lowest BCUT2D eigenvalue weighted by Gasteiger charge is -2.26. The minimum Gasteiger partial charge on any atom is -0.370 e. The van der Waals surface area contributed by atoms with Crippen LogP contribution in [0.15, 0.2) is 0 Å². The van der Waals surface area contributed by atoms with E-state index >= 15 is 0 Å². The van der Waals surface area contributed by atoms with Crippen molar-refractivity contribution < 1.29 is 33.6 Å². The molecule has 0 bridgehead atoms. The zero-order valence-corrected chi connectivity index (χ0v) is 19.4. The van der Waals surface area contributed by atoms with E-state index < -0.39 is 84.4 Å². The SMILES string of the molecule is CC(C)[C@H](NC(=O)[C@H](CCC(N)=O)NC(=O)[C@H](CC(N)=O)NC(=O)[C@H](C)N)C(=O)NCC(N)=O. The van der Waals surface area contributed by atoms with Gasteiger partial charge in [0.1, 0.15) is 18.1 Å². The molecule has 0 unspecified atom stereocenters. The smallest absolute Gasteiger partial charge is 0.243 e. The Labute approximate surface area is 196 Å². The number of nitrogens with two attached hydrogens (primary N) is 4. The summed E-state index contributed by atoms with van der Waals surface area (Å²) in [6.07, 6.45) is -1.13. The van der Waals surface area contributed by atoms with Crippen molar-refractivity contribution in [2.45, 2.75) is 64.2 Å². The van der Waals surface area contributed by atoms with Crippen LogP contribution in [-0.2, 0) is 33.6 Å². The summed E-state index contributed by atoms with van der Waals surface area (Å²) in [7, 11) is 0. The standard InChI is InChI=1S/C19H34N8O7/c1-8(2)15(19(34)24-7-14(23)30)27-17(32)10(4-5-12(21)28)25-18(33)11(6-13(22)29)26-16(31)9(3)20/h8-11,15H,4-7,20H2,1-3H3,(H2,21,28)(H2,22,29)(H2,23,30)(H,24,34)(H,25,33)(H,26,31)(H,27,32)/t9-,10-,11-,15-/m0/s1. The Bertz CT molecular complexity index is 800. The second kappa shape index (κ2) is 14.4. The molecule has 0 spiro atoms. The molecule has 0 aliphatic heterocycles. The van der Waals surface area contributed by atoms with Crippen LogP contribution in [-0.4, -0.2) is 72.1 Å². The van der Waals surface area contributed by atoms with Crippen LogP contribution in [0.3, 0.4) is 0 Å². The van der Waals surface area contributed by atoms with E-state index in [1.165, 1.54) is 6.92 Å². The topological polar surface area (TPSA) is 272 Å². The van der Waals surface area contributed by atoms with Gasteiger partial charge in [-0.25, -0.2) is 0 Å². The molecule has 15 nitrogen and oxygen atoms in total. The predicted molar refractivity (Wildman–Crippen MR) is 119 cm³/mol. The minimum absolute atomic E-state index is 0.245. The van der Waals surface area contributed by atoms with Gasteiger partial charge in [0.25, 0.3) is 0 Å². The molecule has 192 valence electrons. The third-order valence-electron chi connectivity index (χ3n) is 4.45. The normalized spacial score (nSPS) is 14.1. The van der Waals surface area contributed by atoms with Crippen molar-refractivity contribution in [1.29, 1.82) is 0 Å². The zero-order chi connectivity index (χ0) is 26.6. The number of hydrogen-bond donors (Lipinski definition) is 8. The lowest BCUT2D eigenvalue weighted by molar-refractivity contribution is -0.135. The summed E-state index contributed by atoms with van der Waals surface area (Å²) in [5, 5.41) is 9.29. The summed E-state index contributed by atoms with van der Waals surface area (Å²) in [5.41, 5.74) is 20.7. The fourth-order valence-electron chi connectivity index (χ4n) is 2.61. The first-order valence-corrected chi connectivity index (χ1v) is 10.4. The van der Waals surface area contributed by atoms with Crippen LogP contribution in [0.25, 0.3) is 0 Å². The predicted octanol–water partition coefficient (Wildman–Crippen LogP) is -4.81. The zero-order valence-electron chi connectivity index (χ0n) is 19.4. The average molecular weight is 487 g/mol. The third-order valence-corrected chi connectivity index (χ3v) is 4.45. The molecule has 0 aliphatic carbocycles. The molecule has 0 aromatic carbocycles. The van der Waals surface area contributed by atoms with Gasteiger partial charge >= 0.3 is 0 Å². The van der Waals surface area contributed by atoms with Crippen molar-refractivity contribution in [3.8, 4) is 0 Å². The average Bonchev–Trinajstić information content (AvgIpc) is 2.71. The Morgan fingerprint density at radius 2 is 1.21 bits per heavy atom. The molecule has 0 aromatic rings. The van der Waals surface area contributed by atoms with Crippen molar-refractivity contribution in [2.75, 3.05) is 6.54 Å². The molecule has 0 saturated carbocycles. The summed E-state index contributed by atoms with van der Waals surface area (Å²) in [4.78, 5) is 83.3. The summed E-state index contributed by atoms with van der Waals surface area (Å²) < 4.78 is 0. The number of nitrogens with one attached hydrogen (secondary N) is 4. The molecule has 34 heavy (non-hydrogen) atoms. The van der Waals surface area contributed by atoms with E-state index in [2.05, 4.69) is 21.3 Å². The first-order valence-electron chi connectivity index (χ1n) is 10.4. The number of carbonyl (C=O) groups is 7. The van der Waals surface area contributed by atoms with Crippen LogP contribution in [0.4, 0.5) is 0 Å². The second-order valence-electron chi connectivity index (χ2n) is 8.00. The fraction of sp³-hybridized carbons (Fsp3) is 0.632. The lowest BCUT2D eigenvalue weighted by atomic mass is 10.0. The molecular formula is C19H34N8O7. The summed E-state index contributed by atoms with van der Waals surface area (Å²) in [6, 6.07) is -4.92. The molecule has 0 radical (unpaired) electrons. The number of hydrogen-bond acceptors (Lipinski definition) is 8. The van der Waals surface area contributed by atoms with Gasteiger partial charge in [-0.1, -0.05) is 13.8 Å². The van der Waals surface area contributed by atoms with Crippen LogP contribution < -0.4 is 44.2 Å². The molecule has 0 heterocycles. The number of amides is 7. The van der Waals surface area contributed by atoms with Crippen LogP contribution in [0.5, 0.6) is 0 Å². The molecule has 0 rings (SSSR count). The molecule has 7 amide bonds. The van der Waals surface area contributed by atoms with Crippen LogP contribution >= 0.6 is 0 Å². The molecule has 0 fully saturated rings. The maximum atomic E-state index is 12.9. The summed E-state index contributed by atoms with van der Waals surface area (Å²) >= 11 is 0. The van der Waals surface area contributed by atoms with E-state index in [4.69, 9.17) is 22.9 Å². The Morgan fingerprint density at radius 3 is 1.65 bits per heavy atom.